The molecular weight excluding hydrogens is 152 g/mol. The lowest BCUT2D eigenvalue weighted by atomic mass is 10.4. The van der Waals surface area contributed by atoms with Crippen LogP contribution in [-0.2, 0) is 6.54 Å². The van der Waals surface area contributed by atoms with Gasteiger partial charge in [0.15, 0.2) is 0 Å². The zero-order valence-electron chi connectivity index (χ0n) is 7.45. The molecule has 0 aliphatic rings. The van der Waals surface area contributed by atoms with Crippen LogP contribution in [0, 0.1) is 0 Å². The highest BCUT2D eigenvalue weighted by molar-refractivity contribution is 4.93. The number of hydrogen-bond donors (Lipinski definition) is 2. The number of nitrogens with two attached hydrogens (primary N) is 1. The van der Waals surface area contributed by atoms with Gasteiger partial charge in [0, 0.05) is 31.5 Å². The molecule has 0 spiro atoms. The van der Waals surface area contributed by atoms with Gasteiger partial charge in [0.1, 0.15) is 0 Å². The van der Waals surface area contributed by atoms with Crippen LogP contribution in [0.1, 0.15) is 12.6 Å². The van der Waals surface area contributed by atoms with E-state index in [1.807, 2.05) is 6.20 Å². The largest absolute Gasteiger partial charge is 0.347 e. The fraction of sp³-hybridized carbons (Fsp3) is 0.625. The average molecular weight is 168 g/mol. The lowest BCUT2D eigenvalue weighted by molar-refractivity contribution is 0.285. The Balaban J connectivity index is 2.37. The third-order valence-corrected chi connectivity index (χ3v) is 1.84. The zero-order chi connectivity index (χ0) is 8.81. The molecule has 0 aliphatic heterocycles. The second-order valence-electron chi connectivity index (χ2n) is 2.73. The highest BCUT2D eigenvalue weighted by atomic mass is 15.1. The molecule has 0 fully saturated rings. The number of aromatic nitrogens is 2. The Morgan fingerprint density at radius 2 is 2.50 bits per heavy atom. The van der Waals surface area contributed by atoms with Crippen molar-refractivity contribution >= 4 is 0 Å². The van der Waals surface area contributed by atoms with Gasteiger partial charge in [-0.15, -0.1) is 0 Å². The standard InChI is InChI=1S/C8H16N4/c1-2-12(4-3-9)6-8-5-10-7-11-8/h5,7H,2-4,6,9H2,1H3,(H,10,11). The van der Waals surface area contributed by atoms with Gasteiger partial charge in [0.05, 0.1) is 6.33 Å². The van der Waals surface area contributed by atoms with Gasteiger partial charge in [-0.05, 0) is 6.54 Å². The molecule has 4 heteroatoms. The molecule has 1 aromatic heterocycles. The Morgan fingerprint density at radius 1 is 1.67 bits per heavy atom. The van der Waals surface area contributed by atoms with Gasteiger partial charge in [-0.25, -0.2) is 4.98 Å². The number of aromatic amines is 1. The summed E-state index contributed by atoms with van der Waals surface area (Å²) < 4.78 is 0. The molecule has 0 unspecified atom stereocenters. The number of nitrogens with one attached hydrogen (secondary N) is 1. The van der Waals surface area contributed by atoms with Crippen molar-refractivity contribution in [2.45, 2.75) is 13.5 Å². The molecule has 0 bridgehead atoms. The first-order valence-corrected chi connectivity index (χ1v) is 4.26. The van der Waals surface area contributed by atoms with Crippen LogP contribution in [0.15, 0.2) is 12.5 Å². The van der Waals surface area contributed by atoms with Crippen molar-refractivity contribution in [2.24, 2.45) is 5.73 Å². The Hall–Kier alpha value is -0.870. The molecule has 1 heterocycles. The maximum absolute atomic E-state index is 5.47. The third-order valence-electron chi connectivity index (χ3n) is 1.84. The van der Waals surface area contributed by atoms with Crippen LogP contribution in [0.5, 0.6) is 0 Å². The van der Waals surface area contributed by atoms with Crippen LogP contribution in [0.4, 0.5) is 0 Å². The van der Waals surface area contributed by atoms with Crippen molar-refractivity contribution in [3.63, 3.8) is 0 Å². The topological polar surface area (TPSA) is 57.9 Å². The first kappa shape index (κ1) is 9.22. The van der Waals surface area contributed by atoms with E-state index >= 15 is 0 Å². The highest BCUT2D eigenvalue weighted by Crippen LogP contribution is 1.97. The molecule has 0 aromatic carbocycles. The summed E-state index contributed by atoms with van der Waals surface area (Å²) >= 11 is 0. The van der Waals surface area contributed by atoms with Crippen LogP contribution in [-0.4, -0.2) is 34.5 Å². The van der Waals surface area contributed by atoms with Gasteiger partial charge in [-0.3, -0.25) is 4.90 Å². The quantitative estimate of drug-likeness (QED) is 0.660. The molecule has 0 aliphatic carbocycles. The molecule has 1 rings (SSSR count). The van der Waals surface area contributed by atoms with E-state index in [4.69, 9.17) is 5.73 Å². The van der Waals surface area contributed by atoms with E-state index < -0.39 is 0 Å². The van der Waals surface area contributed by atoms with E-state index in [9.17, 15) is 0 Å². The summed E-state index contributed by atoms with van der Waals surface area (Å²) in [6.07, 6.45) is 3.55. The first-order valence-electron chi connectivity index (χ1n) is 4.26. The normalized spacial score (nSPS) is 10.9. The van der Waals surface area contributed by atoms with Gasteiger partial charge in [0.2, 0.25) is 0 Å². The van der Waals surface area contributed by atoms with Crippen LogP contribution >= 0.6 is 0 Å². The lowest BCUT2D eigenvalue weighted by Crippen LogP contribution is -2.28. The van der Waals surface area contributed by atoms with Gasteiger partial charge < -0.3 is 10.7 Å². The number of H-pyrrole nitrogens is 1. The van der Waals surface area contributed by atoms with E-state index in [-0.39, 0.29) is 0 Å². The van der Waals surface area contributed by atoms with Crippen molar-refractivity contribution in [3.05, 3.63) is 18.2 Å². The number of nitrogens with zero attached hydrogens (tertiary/aromatic N) is 2. The number of hydrogen-bond acceptors (Lipinski definition) is 3. The summed E-state index contributed by atoms with van der Waals surface area (Å²) in [6.45, 7) is 5.72. The van der Waals surface area contributed by atoms with Crippen molar-refractivity contribution in [1.82, 2.24) is 14.9 Å². The molecule has 4 nitrogen and oxygen atoms in total. The van der Waals surface area contributed by atoms with Crippen molar-refractivity contribution in [3.8, 4) is 0 Å². The molecule has 3 N–H and O–H groups in total. The predicted octanol–water partition coefficient (Wildman–Crippen LogP) is 0.190. The molecule has 0 radical (unpaired) electrons. The first-order chi connectivity index (χ1) is 5.86. The smallest absolute Gasteiger partial charge is 0.0922 e. The molecule has 0 saturated heterocycles. The van der Waals surface area contributed by atoms with E-state index in [2.05, 4.69) is 21.8 Å². The van der Waals surface area contributed by atoms with Crippen molar-refractivity contribution in [1.29, 1.82) is 0 Å². The van der Waals surface area contributed by atoms with Gasteiger partial charge >= 0.3 is 0 Å². The van der Waals surface area contributed by atoms with Gasteiger partial charge in [-0.2, -0.15) is 0 Å². The summed E-state index contributed by atoms with van der Waals surface area (Å²) in [5.41, 5.74) is 6.61. The molecule has 12 heavy (non-hydrogen) atoms. The Labute approximate surface area is 72.8 Å². The number of imidazole rings is 1. The van der Waals surface area contributed by atoms with E-state index in [1.54, 1.807) is 6.33 Å². The summed E-state index contributed by atoms with van der Waals surface area (Å²) in [4.78, 5) is 9.29. The van der Waals surface area contributed by atoms with Crippen LogP contribution in [0.2, 0.25) is 0 Å². The summed E-state index contributed by atoms with van der Waals surface area (Å²) in [6, 6.07) is 0. The van der Waals surface area contributed by atoms with Gasteiger partial charge in [-0.1, -0.05) is 6.92 Å². The molecule has 0 amide bonds. The molecular formula is C8H16N4. The predicted molar refractivity (Wildman–Crippen MR) is 48.6 cm³/mol. The summed E-state index contributed by atoms with van der Waals surface area (Å²) in [5.74, 6) is 0. The fourth-order valence-electron chi connectivity index (χ4n) is 1.14. The number of likely N-dealkylation sites (N-methyl/N-ethyl adjacent to an activating group) is 1. The van der Waals surface area contributed by atoms with Crippen LogP contribution < -0.4 is 5.73 Å². The summed E-state index contributed by atoms with van der Waals surface area (Å²) in [7, 11) is 0. The lowest BCUT2D eigenvalue weighted by Gasteiger charge is -2.17. The SMILES string of the molecule is CCN(CCN)Cc1cnc[nH]1. The zero-order valence-corrected chi connectivity index (χ0v) is 7.45. The minimum atomic E-state index is 0.710. The Kier molecular flexibility index (Phi) is 3.76. The van der Waals surface area contributed by atoms with Crippen molar-refractivity contribution in [2.75, 3.05) is 19.6 Å². The van der Waals surface area contributed by atoms with E-state index in [1.165, 1.54) is 0 Å². The number of rotatable bonds is 5. The monoisotopic (exact) mass is 168 g/mol. The van der Waals surface area contributed by atoms with E-state index in [0.717, 1.165) is 25.3 Å². The molecule has 68 valence electrons. The minimum absolute atomic E-state index is 0.710. The Bertz CT molecular complexity index is 195. The Morgan fingerprint density at radius 3 is 3.00 bits per heavy atom. The van der Waals surface area contributed by atoms with Crippen molar-refractivity contribution < 1.29 is 0 Å². The highest BCUT2D eigenvalue weighted by Gasteiger charge is 2.02. The average Bonchev–Trinajstić information content (AvgIpc) is 2.56. The van der Waals surface area contributed by atoms with Gasteiger partial charge in [0.25, 0.3) is 0 Å². The van der Waals surface area contributed by atoms with E-state index in [0.29, 0.717) is 6.54 Å². The third kappa shape index (κ3) is 2.64. The molecule has 0 atom stereocenters. The molecule has 1 aromatic rings. The fourth-order valence-corrected chi connectivity index (χ4v) is 1.14. The summed E-state index contributed by atoms with van der Waals surface area (Å²) in [5, 5.41) is 0. The second-order valence-corrected chi connectivity index (χ2v) is 2.73. The van der Waals surface area contributed by atoms with Crippen LogP contribution in [0.3, 0.4) is 0 Å². The van der Waals surface area contributed by atoms with Crippen LogP contribution in [0.25, 0.3) is 0 Å². The second kappa shape index (κ2) is 4.90. The minimum Gasteiger partial charge on any atom is -0.347 e. The molecule has 0 saturated carbocycles. The maximum atomic E-state index is 5.47. The maximum Gasteiger partial charge on any atom is 0.0922 e.